The minimum atomic E-state index is 0.0679. The summed E-state index contributed by atoms with van der Waals surface area (Å²) in [6, 6.07) is 8.65. The molecule has 0 bridgehead atoms. The van der Waals surface area contributed by atoms with E-state index in [1.165, 1.54) is 11.1 Å². The van der Waals surface area contributed by atoms with Gasteiger partial charge in [0.1, 0.15) is 0 Å². The molecule has 2 atom stereocenters. The molecule has 3 rings (SSSR count). The quantitative estimate of drug-likeness (QED) is 0.917. The molecule has 0 aromatic heterocycles. The van der Waals surface area contributed by atoms with Gasteiger partial charge in [-0.2, -0.15) is 0 Å². The standard InChI is InChI=1S/C17H23NO2/c19-12-16-6-3-9-18(16)17(20)11-13-7-8-14-4-1-2-5-15(14)10-13/h1-2,4-5,13,16,19H,3,6-12H2/t13?,16-/m0/s1. The van der Waals surface area contributed by atoms with Crippen LogP contribution in [-0.2, 0) is 17.6 Å². The van der Waals surface area contributed by atoms with E-state index in [9.17, 15) is 9.90 Å². The van der Waals surface area contributed by atoms with E-state index in [0.29, 0.717) is 12.3 Å². The number of aryl methyl sites for hydroxylation is 1. The fourth-order valence-electron chi connectivity index (χ4n) is 3.67. The van der Waals surface area contributed by atoms with Crippen molar-refractivity contribution < 1.29 is 9.90 Å². The zero-order valence-corrected chi connectivity index (χ0v) is 11.9. The number of amides is 1. The Balaban J connectivity index is 1.60. The van der Waals surface area contributed by atoms with Crippen LogP contribution in [0.25, 0.3) is 0 Å². The van der Waals surface area contributed by atoms with Crippen molar-refractivity contribution in [3.05, 3.63) is 35.4 Å². The molecular weight excluding hydrogens is 250 g/mol. The SMILES string of the molecule is O=C(CC1CCc2ccccc2C1)N1CCC[C@H]1CO. The summed E-state index contributed by atoms with van der Waals surface area (Å²) in [5, 5.41) is 9.33. The van der Waals surface area contributed by atoms with Crippen molar-refractivity contribution in [2.75, 3.05) is 13.2 Å². The Hall–Kier alpha value is -1.35. The number of rotatable bonds is 3. The first-order valence-corrected chi connectivity index (χ1v) is 7.75. The van der Waals surface area contributed by atoms with Gasteiger partial charge in [-0.15, -0.1) is 0 Å². The highest BCUT2D eigenvalue weighted by molar-refractivity contribution is 5.77. The van der Waals surface area contributed by atoms with Gasteiger partial charge in [0.25, 0.3) is 0 Å². The molecule has 2 aliphatic rings. The number of aliphatic hydroxyl groups excluding tert-OH is 1. The number of carbonyl (C=O) groups is 1. The molecule has 3 heteroatoms. The van der Waals surface area contributed by atoms with E-state index < -0.39 is 0 Å². The average Bonchev–Trinajstić information content (AvgIpc) is 2.95. The molecule has 1 unspecified atom stereocenters. The van der Waals surface area contributed by atoms with Crippen LogP contribution in [0.4, 0.5) is 0 Å². The van der Waals surface area contributed by atoms with E-state index in [2.05, 4.69) is 24.3 Å². The lowest BCUT2D eigenvalue weighted by molar-refractivity contribution is -0.133. The molecule has 1 aromatic carbocycles. The van der Waals surface area contributed by atoms with Crippen LogP contribution in [0.1, 0.15) is 36.8 Å². The first kappa shape index (κ1) is 13.6. The molecule has 1 aromatic rings. The Labute approximate surface area is 120 Å². The summed E-state index contributed by atoms with van der Waals surface area (Å²) >= 11 is 0. The van der Waals surface area contributed by atoms with Gasteiger partial charge in [0.15, 0.2) is 0 Å². The summed E-state index contributed by atoms with van der Waals surface area (Å²) in [7, 11) is 0. The van der Waals surface area contributed by atoms with Crippen LogP contribution in [0.5, 0.6) is 0 Å². The van der Waals surface area contributed by atoms with E-state index >= 15 is 0 Å². The van der Waals surface area contributed by atoms with Crippen LogP contribution < -0.4 is 0 Å². The van der Waals surface area contributed by atoms with Gasteiger partial charge in [-0.1, -0.05) is 24.3 Å². The number of hydrogen-bond acceptors (Lipinski definition) is 2. The van der Waals surface area contributed by atoms with Gasteiger partial charge in [0.05, 0.1) is 12.6 Å². The Kier molecular flexibility index (Phi) is 4.06. The third-order valence-corrected chi connectivity index (χ3v) is 4.82. The maximum absolute atomic E-state index is 12.4. The average molecular weight is 273 g/mol. The molecule has 20 heavy (non-hydrogen) atoms. The lowest BCUT2D eigenvalue weighted by Crippen LogP contribution is -2.38. The summed E-state index contributed by atoms with van der Waals surface area (Å²) in [6.07, 6.45) is 5.86. The lowest BCUT2D eigenvalue weighted by Gasteiger charge is -2.28. The van der Waals surface area contributed by atoms with Crippen LogP contribution in [0.15, 0.2) is 24.3 Å². The van der Waals surface area contributed by atoms with Crippen molar-refractivity contribution in [3.8, 4) is 0 Å². The fraction of sp³-hybridized carbons (Fsp3) is 0.588. The Bertz CT molecular complexity index is 486. The van der Waals surface area contributed by atoms with E-state index in [-0.39, 0.29) is 18.6 Å². The molecule has 1 saturated heterocycles. The van der Waals surface area contributed by atoms with Gasteiger partial charge >= 0.3 is 0 Å². The maximum atomic E-state index is 12.4. The zero-order chi connectivity index (χ0) is 13.9. The monoisotopic (exact) mass is 273 g/mol. The topological polar surface area (TPSA) is 40.5 Å². The summed E-state index contributed by atoms with van der Waals surface area (Å²) in [5.74, 6) is 0.711. The van der Waals surface area contributed by atoms with Crippen molar-refractivity contribution >= 4 is 5.91 Å². The van der Waals surface area contributed by atoms with E-state index in [1.54, 1.807) is 0 Å². The van der Waals surface area contributed by atoms with Gasteiger partial charge in [0.2, 0.25) is 5.91 Å². The Morgan fingerprint density at radius 3 is 2.85 bits per heavy atom. The van der Waals surface area contributed by atoms with E-state index in [4.69, 9.17) is 0 Å². The minimum Gasteiger partial charge on any atom is -0.394 e. The van der Waals surface area contributed by atoms with Crippen molar-refractivity contribution in [1.29, 1.82) is 0 Å². The third-order valence-electron chi connectivity index (χ3n) is 4.82. The van der Waals surface area contributed by atoms with Gasteiger partial charge < -0.3 is 10.0 Å². The second-order valence-corrected chi connectivity index (χ2v) is 6.15. The molecule has 3 nitrogen and oxygen atoms in total. The third kappa shape index (κ3) is 2.73. The van der Waals surface area contributed by atoms with Crippen LogP contribution in [-0.4, -0.2) is 35.1 Å². The molecule has 1 N–H and O–H groups in total. The van der Waals surface area contributed by atoms with E-state index in [0.717, 1.165) is 38.6 Å². The minimum absolute atomic E-state index is 0.0679. The summed E-state index contributed by atoms with van der Waals surface area (Å²) < 4.78 is 0. The van der Waals surface area contributed by atoms with Crippen LogP contribution >= 0.6 is 0 Å². The number of fused-ring (bicyclic) bond motifs is 1. The molecule has 0 saturated carbocycles. The molecule has 108 valence electrons. The number of hydrogen-bond donors (Lipinski definition) is 1. The molecule has 1 aliphatic carbocycles. The number of benzene rings is 1. The summed E-state index contributed by atoms with van der Waals surface area (Å²) in [5.41, 5.74) is 2.86. The Morgan fingerprint density at radius 1 is 1.25 bits per heavy atom. The molecule has 1 aliphatic heterocycles. The number of likely N-dealkylation sites (tertiary alicyclic amines) is 1. The predicted octanol–water partition coefficient (Wildman–Crippen LogP) is 2.16. The van der Waals surface area contributed by atoms with Crippen molar-refractivity contribution in [2.45, 2.75) is 44.6 Å². The van der Waals surface area contributed by atoms with Gasteiger partial charge in [-0.05, 0) is 49.1 Å². The van der Waals surface area contributed by atoms with Crippen molar-refractivity contribution in [3.63, 3.8) is 0 Å². The summed E-state index contributed by atoms with van der Waals surface area (Å²) in [4.78, 5) is 14.3. The first-order chi connectivity index (χ1) is 9.78. The first-order valence-electron chi connectivity index (χ1n) is 7.75. The highest BCUT2D eigenvalue weighted by Gasteiger charge is 2.30. The van der Waals surface area contributed by atoms with Gasteiger partial charge in [0, 0.05) is 13.0 Å². The number of aliphatic hydroxyl groups is 1. The van der Waals surface area contributed by atoms with Gasteiger partial charge in [-0.3, -0.25) is 4.79 Å². The highest BCUT2D eigenvalue weighted by Crippen LogP contribution is 2.29. The van der Waals surface area contributed by atoms with E-state index in [1.807, 2.05) is 4.90 Å². The molecule has 1 amide bonds. The summed E-state index contributed by atoms with van der Waals surface area (Å²) in [6.45, 7) is 0.937. The van der Waals surface area contributed by atoms with Gasteiger partial charge in [-0.25, -0.2) is 0 Å². The molecule has 1 heterocycles. The second-order valence-electron chi connectivity index (χ2n) is 6.15. The Morgan fingerprint density at radius 2 is 2.05 bits per heavy atom. The normalized spacial score (nSPS) is 25.6. The molecule has 1 fully saturated rings. The molecule has 0 spiro atoms. The van der Waals surface area contributed by atoms with Crippen molar-refractivity contribution in [1.82, 2.24) is 4.90 Å². The van der Waals surface area contributed by atoms with Crippen molar-refractivity contribution in [2.24, 2.45) is 5.92 Å². The maximum Gasteiger partial charge on any atom is 0.223 e. The highest BCUT2D eigenvalue weighted by atomic mass is 16.3. The lowest BCUT2D eigenvalue weighted by atomic mass is 9.82. The van der Waals surface area contributed by atoms with Crippen LogP contribution in [0, 0.1) is 5.92 Å². The smallest absolute Gasteiger partial charge is 0.223 e. The predicted molar refractivity (Wildman–Crippen MR) is 78.4 cm³/mol. The van der Waals surface area contributed by atoms with Crippen LogP contribution in [0.3, 0.4) is 0 Å². The number of nitrogens with zero attached hydrogens (tertiary/aromatic N) is 1. The number of carbonyl (C=O) groups excluding carboxylic acids is 1. The second kappa shape index (κ2) is 5.96. The largest absolute Gasteiger partial charge is 0.394 e. The molecule has 0 radical (unpaired) electrons. The zero-order valence-electron chi connectivity index (χ0n) is 11.9. The van der Waals surface area contributed by atoms with Crippen LogP contribution in [0.2, 0.25) is 0 Å². The fourth-order valence-corrected chi connectivity index (χ4v) is 3.67. The molecular formula is C17H23NO2.